The minimum absolute atomic E-state index is 0.0934. The Balaban J connectivity index is 1.65. The second-order valence-electron chi connectivity index (χ2n) is 8.06. The molecule has 0 aliphatic rings. The predicted octanol–water partition coefficient (Wildman–Crippen LogP) is 6.09. The molecule has 3 aromatic carbocycles. The highest BCUT2D eigenvalue weighted by atomic mass is 19.4. The van der Waals surface area contributed by atoms with E-state index in [4.69, 9.17) is 14.6 Å². The number of amides is 1. The highest BCUT2D eigenvalue weighted by Crippen LogP contribution is 2.28. The number of benzene rings is 3. The molecule has 37 heavy (non-hydrogen) atoms. The molecule has 0 unspecified atom stereocenters. The molecule has 0 atom stereocenters. The molecule has 0 heterocycles. The number of aliphatic carboxylic acids is 1. The normalized spacial score (nSPS) is 11.0. The third kappa shape index (κ3) is 9.06. The molecular weight excluding hydrogens is 491 g/mol. The fourth-order valence-electron chi connectivity index (χ4n) is 3.44. The summed E-state index contributed by atoms with van der Waals surface area (Å²) in [7, 11) is 0. The van der Waals surface area contributed by atoms with Crippen molar-refractivity contribution in [2.45, 2.75) is 39.3 Å². The first-order valence-corrected chi connectivity index (χ1v) is 11.4. The van der Waals surface area contributed by atoms with E-state index >= 15 is 0 Å². The van der Waals surface area contributed by atoms with Gasteiger partial charge in [-0.05, 0) is 52.9 Å². The molecule has 2 N–H and O–H groups in total. The van der Waals surface area contributed by atoms with Crippen molar-refractivity contribution in [3.63, 3.8) is 0 Å². The first kappa shape index (κ1) is 27.4. The molecule has 0 aromatic heterocycles. The van der Waals surface area contributed by atoms with Gasteiger partial charge in [-0.25, -0.2) is 4.79 Å². The molecule has 0 radical (unpaired) electrons. The van der Waals surface area contributed by atoms with Crippen LogP contribution in [0.3, 0.4) is 0 Å². The van der Waals surface area contributed by atoms with Gasteiger partial charge in [-0.3, -0.25) is 4.79 Å². The van der Waals surface area contributed by atoms with Crippen molar-refractivity contribution in [1.29, 1.82) is 0 Å². The Labute approximate surface area is 211 Å². The highest BCUT2D eigenvalue weighted by Gasteiger charge is 2.30. The summed E-state index contributed by atoms with van der Waals surface area (Å²) < 4.78 is 51.6. The zero-order chi connectivity index (χ0) is 26.8. The lowest BCUT2D eigenvalue weighted by molar-refractivity contribution is -0.274. The van der Waals surface area contributed by atoms with Crippen molar-refractivity contribution >= 4 is 12.1 Å². The Hall–Kier alpha value is -4.21. The fraction of sp³-hybridized carbons (Fsp3) is 0.259. The molecular formula is C27H26F3NO6. The van der Waals surface area contributed by atoms with E-state index in [-0.39, 0.29) is 25.3 Å². The van der Waals surface area contributed by atoms with E-state index in [0.29, 0.717) is 29.0 Å². The average molecular weight is 518 g/mol. The Morgan fingerprint density at radius 3 is 2.35 bits per heavy atom. The topological polar surface area (TPSA) is 94.1 Å². The van der Waals surface area contributed by atoms with Crippen LogP contribution in [0.2, 0.25) is 0 Å². The van der Waals surface area contributed by atoms with E-state index in [9.17, 15) is 22.8 Å². The standard InChI is InChI=1S/C27H26F3NO6/c1-2-12-35-24-11-8-21(20-5-3-4-19(13-20)14-25(32)33)15-22(24)16-31-26(34)36-17-18-6-9-23(10-7-18)37-27(28,29)30/h3-11,13,15H,2,12,14,16-17H2,1H3,(H,31,34)(H,32,33). The first-order chi connectivity index (χ1) is 17.6. The van der Waals surface area contributed by atoms with Gasteiger partial charge in [0, 0.05) is 12.1 Å². The number of rotatable bonds is 11. The minimum Gasteiger partial charge on any atom is -0.493 e. The number of hydrogen-bond acceptors (Lipinski definition) is 5. The molecule has 0 spiro atoms. The van der Waals surface area contributed by atoms with Crippen LogP contribution in [0.4, 0.5) is 18.0 Å². The zero-order valence-corrected chi connectivity index (χ0v) is 20.0. The maximum Gasteiger partial charge on any atom is 0.573 e. The van der Waals surface area contributed by atoms with E-state index in [1.54, 1.807) is 24.3 Å². The van der Waals surface area contributed by atoms with E-state index in [1.807, 2.05) is 25.1 Å². The maximum atomic E-state index is 12.3. The molecule has 0 fully saturated rings. The minimum atomic E-state index is -4.78. The summed E-state index contributed by atoms with van der Waals surface area (Å²) in [6.07, 6.45) is -4.80. The third-order valence-electron chi connectivity index (χ3n) is 5.09. The van der Waals surface area contributed by atoms with Gasteiger partial charge in [0.1, 0.15) is 18.1 Å². The Morgan fingerprint density at radius 2 is 1.68 bits per heavy atom. The van der Waals surface area contributed by atoms with Crippen LogP contribution in [0.15, 0.2) is 66.7 Å². The van der Waals surface area contributed by atoms with Gasteiger partial charge in [-0.1, -0.05) is 49.4 Å². The van der Waals surface area contributed by atoms with Gasteiger partial charge < -0.3 is 24.6 Å². The number of carbonyl (C=O) groups excluding carboxylic acids is 1. The van der Waals surface area contributed by atoms with Crippen LogP contribution in [0, 0.1) is 0 Å². The van der Waals surface area contributed by atoms with Gasteiger partial charge in [-0.2, -0.15) is 0 Å². The van der Waals surface area contributed by atoms with Gasteiger partial charge in [-0.15, -0.1) is 13.2 Å². The van der Waals surface area contributed by atoms with Crippen LogP contribution in [0.1, 0.15) is 30.0 Å². The summed E-state index contributed by atoms with van der Waals surface area (Å²) in [5.41, 5.74) is 3.49. The number of hydrogen-bond donors (Lipinski definition) is 2. The van der Waals surface area contributed by atoms with Crippen LogP contribution in [-0.4, -0.2) is 30.1 Å². The average Bonchev–Trinajstić information content (AvgIpc) is 2.85. The van der Waals surface area contributed by atoms with Gasteiger partial charge in [0.25, 0.3) is 0 Å². The lowest BCUT2D eigenvalue weighted by atomic mass is 9.99. The summed E-state index contributed by atoms with van der Waals surface area (Å²) in [5, 5.41) is 11.7. The number of carboxylic acid groups (broad SMARTS) is 1. The van der Waals surface area contributed by atoms with E-state index in [1.165, 1.54) is 12.1 Å². The molecule has 0 saturated heterocycles. The number of ether oxygens (including phenoxy) is 3. The van der Waals surface area contributed by atoms with Crippen molar-refractivity contribution in [2.75, 3.05) is 6.61 Å². The summed E-state index contributed by atoms with van der Waals surface area (Å²) in [4.78, 5) is 23.3. The predicted molar refractivity (Wildman–Crippen MR) is 129 cm³/mol. The van der Waals surface area contributed by atoms with Gasteiger partial charge in [0.05, 0.1) is 13.0 Å². The largest absolute Gasteiger partial charge is 0.573 e. The van der Waals surface area contributed by atoms with E-state index in [2.05, 4.69) is 10.1 Å². The zero-order valence-electron chi connectivity index (χ0n) is 20.0. The number of halogens is 3. The van der Waals surface area contributed by atoms with Crippen molar-refractivity contribution in [3.05, 3.63) is 83.4 Å². The fourth-order valence-corrected chi connectivity index (χ4v) is 3.44. The van der Waals surface area contributed by atoms with Crippen molar-refractivity contribution < 1.29 is 42.1 Å². The second-order valence-corrected chi connectivity index (χ2v) is 8.06. The molecule has 0 saturated carbocycles. The Morgan fingerprint density at radius 1 is 0.946 bits per heavy atom. The molecule has 1 amide bonds. The van der Waals surface area contributed by atoms with Crippen molar-refractivity contribution in [1.82, 2.24) is 5.32 Å². The lowest BCUT2D eigenvalue weighted by Gasteiger charge is -2.14. The number of carbonyl (C=O) groups is 2. The Bertz CT molecular complexity index is 1210. The van der Waals surface area contributed by atoms with E-state index < -0.39 is 18.4 Å². The maximum absolute atomic E-state index is 12.3. The third-order valence-corrected chi connectivity index (χ3v) is 5.09. The molecule has 196 valence electrons. The molecule has 3 aromatic rings. The quantitative estimate of drug-likeness (QED) is 0.320. The molecule has 0 bridgehead atoms. The van der Waals surface area contributed by atoms with E-state index in [0.717, 1.165) is 29.7 Å². The highest BCUT2D eigenvalue weighted by molar-refractivity contribution is 5.73. The molecule has 0 aliphatic heterocycles. The van der Waals surface area contributed by atoms with Crippen LogP contribution in [0.5, 0.6) is 11.5 Å². The molecule has 0 aliphatic carbocycles. The number of carboxylic acids is 1. The van der Waals surface area contributed by atoms with Crippen LogP contribution in [0.25, 0.3) is 11.1 Å². The summed E-state index contributed by atoms with van der Waals surface area (Å²) in [5.74, 6) is -0.698. The molecule has 10 heteroatoms. The van der Waals surface area contributed by atoms with Gasteiger partial charge >= 0.3 is 18.4 Å². The van der Waals surface area contributed by atoms with Crippen LogP contribution in [-0.2, 0) is 29.1 Å². The Kier molecular flexibility index (Phi) is 9.37. The monoisotopic (exact) mass is 517 g/mol. The summed E-state index contributed by atoms with van der Waals surface area (Å²) in [6, 6.07) is 17.7. The number of alkyl carbamates (subject to hydrolysis) is 1. The van der Waals surface area contributed by atoms with Crippen molar-refractivity contribution in [2.24, 2.45) is 0 Å². The first-order valence-electron chi connectivity index (χ1n) is 11.4. The smallest absolute Gasteiger partial charge is 0.493 e. The van der Waals surface area contributed by atoms with Gasteiger partial charge in [0.15, 0.2) is 0 Å². The number of alkyl halides is 3. The summed E-state index contributed by atoms with van der Waals surface area (Å²) >= 11 is 0. The van der Waals surface area contributed by atoms with Crippen LogP contribution >= 0.6 is 0 Å². The SMILES string of the molecule is CCCOc1ccc(-c2cccc(CC(=O)O)c2)cc1CNC(=O)OCc1ccc(OC(F)(F)F)cc1. The number of nitrogens with one attached hydrogen (secondary N) is 1. The van der Waals surface area contributed by atoms with Crippen molar-refractivity contribution in [3.8, 4) is 22.6 Å². The van der Waals surface area contributed by atoms with Crippen LogP contribution < -0.4 is 14.8 Å². The molecule has 7 nitrogen and oxygen atoms in total. The second kappa shape index (κ2) is 12.7. The summed E-state index contributed by atoms with van der Waals surface area (Å²) in [6.45, 7) is 2.41. The lowest BCUT2D eigenvalue weighted by Crippen LogP contribution is -2.24. The van der Waals surface area contributed by atoms with Gasteiger partial charge in [0.2, 0.25) is 0 Å². The molecule has 3 rings (SSSR count).